The third-order valence-corrected chi connectivity index (χ3v) is 6.84. The lowest BCUT2D eigenvalue weighted by molar-refractivity contribution is -0.140. The third kappa shape index (κ3) is 4.63. The number of pyridine rings is 1. The van der Waals surface area contributed by atoms with Crippen LogP contribution in [-0.2, 0) is 13.2 Å². The smallest absolute Gasteiger partial charge is 0.434 e. The zero-order valence-electron chi connectivity index (χ0n) is 22.3. The molecule has 6 rings (SSSR count). The number of methoxy groups -OCH3 is 1. The molecule has 0 radical (unpaired) electrons. The number of rotatable bonds is 7. The Morgan fingerprint density at radius 3 is 2.42 bits per heavy atom. The fourth-order valence-corrected chi connectivity index (χ4v) is 4.69. The minimum Gasteiger partial charge on any atom is -0.480 e. The van der Waals surface area contributed by atoms with E-state index in [4.69, 9.17) is 14.5 Å². The van der Waals surface area contributed by atoms with Gasteiger partial charge in [0.05, 0.1) is 30.2 Å². The summed E-state index contributed by atoms with van der Waals surface area (Å²) in [5.41, 5.74) is 3.19. The summed E-state index contributed by atoms with van der Waals surface area (Å²) in [6.07, 6.45) is 1.76. The number of hydrogen-bond donors (Lipinski definition) is 0. The van der Waals surface area contributed by atoms with Crippen molar-refractivity contribution in [3.63, 3.8) is 0 Å². The zero-order valence-corrected chi connectivity index (χ0v) is 22.3. The van der Waals surface area contributed by atoms with E-state index in [0.717, 1.165) is 30.2 Å². The molecule has 0 aliphatic heterocycles. The predicted molar refractivity (Wildman–Crippen MR) is 141 cm³/mol. The predicted octanol–water partition coefficient (Wildman–Crippen LogP) is 6.57. The standard InChI is InChI=1S/C28H26F3N7O2/c1-15(2)38-12-20(28(29,30)31)35-26(38)17-7-9-18(10-8-17)40-21-11-19-24(34-14-37(19)3)25(36-21)22-23(16-5-6-16)32-13-33-27(22)39-4/h7-16H,5-6H2,1-4H3. The van der Waals surface area contributed by atoms with E-state index >= 15 is 0 Å². The number of ether oxygens (including phenoxy) is 2. The number of hydrogen-bond acceptors (Lipinski definition) is 7. The molecule has 4 aromatic heterocycles. The van der Waals surface area contributed by atoms with E-state index in [1.807, 2.05) is 25.5 Å². The van der Waals surface area contributed by atoms with Gasteiger partial charge in [-0.2, -0.15) is 13.2 Å². The van der Waals surface area contributed by atoms with Crippen molar-refractivity contribution in [2.75, 3.05) is 7.11 Å². The molecule has 0 unspecified atom stereocenters. The number of fused-ring (bicyclic) bond motifs is 1. The van der Waals surface area contributed by atoms with Crippen LogP contribution in [0.4, 0.5) is 13.2 Å². The monoisotopic (exact) mass is 549 g/mol. The van der Waals surface area contributed by atoms with Gasteiger partial charge in [0.25, 0.3) is 0 Å². The molecule has 12 heteroatoms. The highest BCUT2D eigenvalue weighted by Gasteiger charge is 2.35. The first-order valence-electron chi connectivity index (χ1n) is 12.8. The molecule has 5 aromatic rings. The van der Waals surface area contributed by atoms with Gasteiger partial charge in [-0.15, -0.1) is 0 Å². The van der Waals surface area contributed by atoms with Crippen LogP contribution in [0.15, 0.2) is 49.2 Å². The minimum absolute atomic E-state index is 0.206. The first kappa shape index (κ1) is 25.8. The van der Waals surface area contributed by atoms with Crippen LogP contribution in [0.3, 0.4) is 0 Å². The second kappa shape index (κ2) is 9.61. The third-order valence-electron chi connectivity index (χ3n) is 6.84. The van der Waals surface area contributed by atoms with Gasteiger partial charge in [-0.3, -0.25) is 0 Å². The zero-order chi connectivity index (χ0) is 28.2. The van der Waals surface area contributed by atoms with Crippen LogP contribution < -0.4 is 9.47 Å². The highest BCUT2D eigenvalue weighted by atomic mass is 19.4. The maximum atomic E-state index is 13.3. The summed E-state index contributed by atoms with van der Waals surface area (Å²) in [4.78, 5) is 22.1. The molecule has 1 saturated carbocycles. The molecule has 1 aromatic carbocycles. The van der Waals surface area contributed by atoms with Crippen LogP contribution >= 0.6 is 0 Å². The summed E-state index contributed by atoms with van der Waals surface area (Å²) in [6.45, 7) is 3.62. The van der Waals surface area contributed by atoms with Crippen LogP contribution in [-0.4, -0.2) is 41.2 Å². The van der Waals surface area contributed by atoms with Gasteiger partial charge in [0.2, 0.25) is 11.8 Å². The van der Waals surface area contributed by atoms with E-state index in [2.05, 4.69) is 19.9 Å². The summed E-state index contributed by atoms with van der Waals surface area (Å²) in [6, 6.07) is 8.30. The number of alkyl halides is 3. The molecule has 1 aliphatic rings. The molecule has 206 valence electrons. The van der Waals surface area contributed by atoms with Gasteiger partial charge >= 0.3 is 6.18 Å². The van der Waals surface area contributed by atoms with Crippen LogP contribution in [0.1, 0.15) is 50.0 Å². The average molecular weight is 550 g/mol. The van der Waals surface area contributed by atoms with Gasteiger partial charge in [0.15, 0.2) is 5.69 Å². The second-order valence-corrected chi connectivity index (χ2v) is 10.0. The maximum Gasteiger partial charge on any atom is 0.434 e. The van der Waals surface area contributed by atoms with E-state index in [0.29, 0.717) is 45.8 Å². The molecule has 0 bridgehead atoms. The van der Waals surface area contributed by atoms with Gasteiger partial charge < -0.3 is 18.6 Å². The van der Waals surface area contributed by atoms with Crippen LogP contribution in [0.25, 0.3) is 33.7 Å². The lowest BCUT2D eigenvalue weighted by Crippen LogP contribution is -2.05. The van der Waals surface area contributed by atoms with Gasteiger partial charge in [0.1, 0.15) is 29.1 Å². The first-order valence-corrected chi connectivity index (χ1v) is 12.8. The normalized spacial score (nSPS) is 13.8. The molecule has 9 nitrogen and oxygen atoms in total. The van der Waals surface area contributed by atoms with Crippen molar-refractivity contribution >= 4 is 11.0 Å². The Labute approximate surface area is 227 Å². The van der Waals surface area contributed by atoms with Crippen molar-refractivity contribution in [3.05, 3.63) is 60.6 Å². The summed E-state index contributed by atoms with van der Waals surface area (Å²) < 4.78 is 55.1. The summed E-state index contributed by atoms with van der Waals surface area (Å²) in [5.74, 6) is 1.72. The van der Waals surface area contributed by atoms with E-state index in [1.165, 1.54) is 10.9 Å². The van der Waals surface area contributed by atoms with Crippen molar-refractivity contribution in [2.24, 2.45) is 7.05 Å². The summed E-state index contributed by atoms with van der Waals surface area (Å²) in [5, 5.41) is 0. The Morgan fingerprint density at radius 2 is 1.77 bits per heavy atom. The van der Waals surface area contributed by atoms with Gasteiger partial charge in [-0.1, -0.05) is 0 Å². The quantitative estimate of drug-likeness (QED) is 0.227. The lowest BCUT2D eigenvalue weighted by atomic mass is 10.1. The van der Waals surface area contributed by atoms with Crippen molar-refractivity contribution in [1.29, 1.82) is 0 Å². The van der Waals surface area contributed by atoms with Crippen molar-refractivity contribution in [1.82, 2.24) is 34.1 Å². The number of halogens is 3. The molecule has 0 spiro atoms. The Morgan fingerprint density at radius 1 is 1.02 bits per heavy atom. The molecule has 4 heterocycles. The number of nitrogens with zero attached hydrogens (tertiary/aromatic N) is 7. The fourth-order valence-electron chi connectivity index (χ4n) is 4.69. The number of aryl methyl sites for hydroxylation is 1. The van der Waals surface area contributed by atoms with Crippen molar-refractivity contribution in [2.45, 2.75) is 44.8 Å². The molecule has 1 fully saturated rings. The molecular formula is C28H26F3N7O2. The highest BCUT2D eigenvalue weighted by Crippen LogP contribution is 2.46. The van der Waals surface area contributed by atoms with E-state index in [9.17, 15) is 13.2 Å². The maximum absolute atomic E-state index is 13.3. The second-order valence-electron chi connectivity index (χ2n) is 10.0. The van der Waals surface area contributed by atoms with Crippen LogP contribution in [0, 0.1) is 0 Å². The van der Waals surface area contributed by atoms with Crippen molar-refractivity contribution in [3.8, 4) is 40.2 Å². The molecule has 0 N–H and O–H groups in total. The Bertz CT molecular complexity index is 1700. The minimum atomic E-state index is -4.53. The van der Waals surface area contributed by atoms with Gasteiger partial charge in [-0.05, 0) is 51.0 Å². The van der Waals surface area contributed by atoms with Gasteiger partial charge in [0, 0.05) is 36.8 Å². The lowest BCUT2D eigenvalue weighted by Gasteiger charge is -2.14. The van der Waals surface area contributed by atoms with Crippen LogP contribution in [0.2, 0.25) is 0 Å². The van der Waals surface area contributed by atoms with Crippen LogP contribution in [0.5, 0.6) is 17.5 Å². The number of aromatic nitrogens is 7. The number of imidazole rings is 2. The molecule has 0 saturated heterocycles. The topological polar surface area (TPSA) is 92.8 Å². The first-order chi connectivity index (χ1) is 19.1. The van der Waals surface area contributed by atoms with Crippen molar-refractivity contribution < 1.29 is 22.6 Å². The molecule has 0 amide bonds. The highest BCUT2D eigenvalue weighted by molar-refractivity contribution is 5.92. The Balaban J connectivity index is 1.38. The summed E-state index contributed by atoms with van der Waals surface area (Å²) in [7, 11) is 3.44. The molecule has 40 heavy (non-hydrogen) atoms. The van der Waals surface area contributed by atoms with E-state index < -0.39 is 11.9 Å². The Hall–Kier alpha value is -4.48. The molecular weight excluding hydrogens is 523 g/mol. The van der Waals surface area contributed by atoms with E-state index in [1.54, 1.807) is 43.8 Å². The summed E-state index contributed by atoms with van der Waals surface area (Å²) >= 11 is 0. The number of benzene rings is 1. The molecule has 0 atom stereocenters. The fraction of sp³-hybridized carbons (Fsp3) is 0.321. The largest absolute Gasteiger partial charge is 0.480 e. The SMILES string of the molecule is COc1ncnc(C2CC2)c1-c1nc(Oc2ccc(-c3nc(C(F)(F)F)cn3C(C)C)cc2)cc2c1ncn2C. The van der Waals surface area contributed by atoms with E-state index in [-0.39, 0.29) is 11.9 Å². The Kier molecular flexibility index (Phi) is 6.20. The molecule has 1 aliphatic carbocycles. The van der Waals surface area contributed by atoms with Gasteiger partial charge in [-0.25, -0.2) is 24.9 Å². The average Bonchev–Trinajstić information content (AvgIpc) is 3.56.